The van der Waals surface area contributed by atoms with Crippen LogP contribution in [-0.4, -0.2) is 22.6 Å². The van der Waals surface area contributed by atoms with E-state index in [4.69, 9.17) is 0 Å². The lowest BCUT2D eigenvalue weighted by molar-refractivity contribution is 0.470. The lowest BCUT2D eigenvalue weighted by Gasteiger charge is -2.11. The highest BCUT2D eigenvalue weighted by Gasteiger charge is 2.15. The van der Waals surface area contributed by atoms with Gasteiger partial charge in [-0.1, -0.05) is 13.3 Å². The number of aryl methyl sites for hydroxylation is 1. The van der Waals surface area contributed by atoms with E-state index < -0.39 is 0 Å². The highest BCUT2D eigenvalue weighted by Crippen LogP contribution is 2.12. The molecular formula is C11H19N3. The summed E-state index contributed by atoms with van der Waals surface area (Å²) < 4.78 is 2.32. The first-order valence-electron chi connectivity index (χ1n) is 5.60. The van der Waals surface area contributed by atoms with Crippen molar-refractivity contribution in [3.8, 4) is 0 Å². The van der Waals surface area contributed by atoms with E-state index in [1.165, 1.54) is 31.6 Å². The molecule has 1 unspecified atom stereocenters. The van der Waals surface area contributed by atoms with Gasteiger partial charge in [-0.15, -0.1) is 0 Å². The number of imidazole rings is 1. The molecule has 3 heteroatoms. The predicted molar refractivity (Wildman–Crippen MR) is 57.2 cm³/mol. The zero-order chi connectivity index (χ0) is 9.80. The molecule has 1 aliphatic heterocycles. The van der Waals surface area contributed by atoms with Gasteiger partial charge in [-0.05, 0) is 31.8 Å². The van der Waals surface area contributed by atoms with Crippen LogP contribution in [0.1, 0.15) is 25.5 Å². The molecule has 0 aromatic carbocycles. The van der Waals surface area contributed by atoms with Crippen LogP contribution in [0.5, 0.6) is 0 Å². The first-order chi connectivity index (χ1) is 6.90. The number of aromatic nitrogens is 2. The molecule has 0 spiro atoms. The standard InChI is InChI=1S/C11H19N3/c1-2-3-11-7-13-9-14(11)8-10-4-5-12-6-10/h7,9-10,12H,2-6,8H2,1H3. The van der Waals surface area contributed by atoms with Crippen molar-refractivity contribution in [3.63, 3.8) is 0 Å². The zero-order valence-corrected chi connectivity index (χ0v) is 8.87. The number of hydrogen-bond donors (Lipinski definition) is 1. The molecule has 1 saturated heterocycles. The SMILES string of the molecule is CCCc1cncn1CC1CCNC1. The van der Waals surface area contributed by atoms with Crippen molar-refractivity contribution in [2.75, 3.05) is 13.1 Å². The van der Waals surface area contributed by atoms with Crippen LogP contribution in [0.4, 0.5) is 0 Å². The predicted octanol–water partition coefficient (Wildman–Crippen LogP) is 1.45. The van der Waals surface area contributed by atoms with Crippen molar-refractivity contribution in [2.45, 2.75) is 32.7 Å². The monoisotopic (exact) mass is 193 g/mol. The van der Waals surface area contributed by atoms with Crippen molar-refractivity contribution >= 4 is 0 Å². The molecule has 2 heterocycles. The zero-order valence-electron chi connectivity index (χ0n) is 8.87. The van der Waals surface area contributed by atoms with E-state index in [1.807, 2.05) is 12.5 Å². The second-order valence-electron chi connectivity index (χ2n) is 4.15. The highest BCUT2D eigenvalue weighted by molar-refractivity contribution is 4.98. The van der Waals surface area contributed by atoms with Crippen molar-refractivity contribution in [2.24, 2.45) is 5.92 Å². The number of hydrogen-bond acceptors (Lipinski definition) is 2. The first kappa shape index (κ1) is 9.71. The van der Waals surface area contributed by atoms with Gasteiger partial charge in [0, 0.05) is 18.4 Å². The fourth-order valence-electron chi connectivity index (χ4n) is 2.13. The summed E-state index contributed by atoms with van der Waals surface area (Å²) >= 11 is 0. The molecule has 14 heavy (non-hydrogen) atoms. The lowest BCUT2D eigenvalue weighted by Crippen LogP contribution is -2.15. The smallest absolute Gasteiger partial charge is 0.0948 e. The third-order valence-corrected chi connectivity index (χ3v) is 2.92. The summed E-state index contributed by atoms with van der Waals surface area (Å²) in [7, 11) is 0. The van der Waals surface area contributed by atoms with Crippen LogP contribution in [0.3, 0.4) is 0 Å². The van der Waals surface area contributed by atoms with Crippen LogP contribution >= 0.6 is 0 Å². The molecule has 0 bridgehead atoms. The molecule has 0 saturated carbocycles. The molecular weight excluding hydrogens is 174 g/mol. The van der Waals surface area contributed by atoms with Gasteiger partial charge >= 0.3 is 0 Å². The average molecular weight is 193 g/mol. The van der Waals surface area contributed by atoms with Gasteiger partial charge < -0.3 is 9.88 Å². The fourth-order valence-corrected chi connectivity index (χ4v) is 2.13. The van der Waals surface area contributed by atoms with E-state index in [0.29, 0.717) is 0 Å². The Kier molecular flexibility index (Phi) is 3.19. The minimum absolute atomic E-state index is 0.805. The van der Waals surface area contributed by atoms with Gasteiger partial charge in [0.25, 0.3) is 0 Å². The van der Waals surface area contributed by atoms with Gasteiger partial charge in [0.05, 0.1) is 6.33 Å². The van der Waals surface area contributed by atoms with Gasteiger partial charge in [-0.25, -0.2) is 4.98 Å². The molecule has 1 atom stereocenters. The minimum atomic E-state index is 0.805. The lowest BCUT2D eigenvalue weighted by atomic mass is 10.1. The topological polar surface area (TPSA) is 29.9 Å². The Morgan fingerprint density at radius 3 is 3.29 bits per heavy atom. The van der Waals surface area contributed by atoms with E-state index in [2.05, 4.69) is 21.8 Å². The molecule has 1 N–H and O–H groups in total. The Bertz CT molecular complexity index is 274. The largest absolute Gasteiger partial charge is 0.334 e. The van der Waals surface area contributed by atoms with E-state index in [0.717, 1.165) is 18.9 Å². The number of nitrogens with zero attached hydrogens (tertiary/aromatic N) is 2. The quantitative estimate of drug-likeness (QED) is 0.784. The maximum Gasteiger partial charge on any atom is 0.0948 e. The Morgan fingerprint density at radius 2 is 2.57 bits per heavy atom. The van der Waals surface area contributed by atoms with Crippen LogP contribution in [0.15, 0.2) is 12.5 Å². The molecule has 3 nitrogen and oxygen atoms in total. The normalized spacial score (nSPS) is 21.6. The first-order valence-corrected chi connectivity index (χ1v) is 5.60. The van der Waals surface area contributed by atoms with Crippen molar-refractivity contribution in [1.29, 1.82) is 0 Å². The Labute approximate surface area is 85.5 Å². The molecule has 1 aromatic heterocycles. The fraction of sp³-hybridized carbons (Fsp3) is 0.727. The molecule has 1 aliphatic rings. The molecule has 78 valence electrons. The maximum absolute atomic E-state index is 4.23. The number of rotatable bonds is 4. The average Bonchev–Trinajstić information content (AvgIpc) is 2.80. The second kappa shape index (κ2) is 4.60. The summed E-state index contributed by atoms with van der Waals surface area (Å²) in [6, 6.07) is 0. The van der Waals surface area contributed by atoms with Crippen LogP contribution in [-0.2, 0) is 13.0 Å². The Morgan fingerprint density at radius 1 is 1.64 bits per heavy atom. The molecule has 0 aliphatic carbocycles. The van der Waals surface area contributed by atoms with Crippen LogP contribution in [0, 0.1) is 5.92 Å². The minimum Gasteiger partial charge on any atom is -0.334 e. The van der Waals surface area contributed by atoms with Crippen molar-refractivity contribution < 1.29 is 0 Å². The van der Waals surface area contributed by atoms with Crippen molar-refractivity contribution in [3.05, 3.63) is 18.2 Å². The van der Waals surface area contributed by atoms with Crippen LogP contribution < -0.4 is 5.32 Å². The van der Waals surface area contributed by atoms with Gasteiger partial charge in [0.1, 0.15) is 0 Å². The van der Waals surface area contributed by atoms with Gasteiger partial charge in [-0.2, -0.15) is 0 Å². The summed E-state index contributed by atoms with van der Waals surface area (Å²) in [5.74, 6) is 0.805. The second-order valence-corrected chi connectivity index (χ2v) is 4.15. The third kappa shape index (κ3) is 2.15. The van der Waals surface area contributed by atoms with E-state index >= 15 is 0 Å². The number of nitrogens with one attached hydrogen (secondary N) is 1. The molecule has 1 aromatic rings. The Balaban J connectivity index is 1.96. The van der Waals surface area contributed by atoms with Gasteiger partial charge in [0.2, 0.25) is 0 Å². The molecule has 0 amide bonds. The van der Waals surface area contributed by atoms with E-state index in [-0.39, 0.29) is 0 Å². The summed E-state index contributed by atoms with van der Waals surface area (Å²) in [5.41, 5.74) is 1.39. The van der Waals surface area contributed by atoms with E-state index in [9.17, 15) is 0 Å². The Hall–Kier alpha value is -0.830. The highest BCUT2D eigenvalue weighted by atomic mass is 15.1. The molecule has 2 rings (SSSR count). The molecule has 1 fully saturated rings. The summed E-state index contributed by atoms with van der Waals surface area (Å²) in [6.45, 7) is 5.71. The van der Waals surface area contributed by atoms with Crippen LogP contribution in [0.2, 0.25) is 0 Å². The van der Waals surface area contributed by atoms with Gasteiger partial charge in [-0.3, -0.25) is 0 Å². The van der Waals surface area contributed by atoms with E-state index in [1.54, 1.807) is 0 Å². The van der Waals surface area contributed by atoms with Gasteiger partial charge in [0.15, 0.2) is 0 Å². The molecule has 0 radical (unpaired) electrons. The summed E-state index contributed by atoms with van der Waals surface area (Å²) in [6.07, 6.45) is 7.65. The summed E-state index contributed by atoms with van der Waals surface area (Å²) in [4.78, 5) is 4.23. The van der Waals surface area contributed by atoms with Crippen molar-refractivity contribution in [1.82, 2.24) is 14.9 Å². The van der Waals surface area contributed by atoms with Crippen LogP contribution in [0.25, 0.3) is 0 Å². The third-order valence-electron chi connectivity index (χ3n) is 2.92. The maximum atomic E-state index is 4.23. The summed E-state index contributed by atoms with van der Waals surface area (Å²) in [5, 5.41) is 3.40.